The Kier molecular flexibility index (Phi) is 4.25. The quantitative estimate of drug-likeness (QED) is 0.794. The lowest BCUT2D eigenvalue weighted by molar-refractivity contribution is 0.438. The van der Waals surface area contributed by atoms with Crippen LogP contribution in [0.25, 0.3) is 10.9 Å². The summed E-state index contributed by atoms with van der Waals surface area (Å²) in [6.45, 7) is 6.70. The second kappa shape index (κ2) is 5.91. The fourth-order valence-electron chi connectivity index (χ4n) is 2.66. The van der Waals surface area contributed by atoms with Gasteiger partial charge in [0.15, 0.2) is 0 Å². The summed E-state index contributed by atoms with van der Waals surface area (Å²) in [4.78, 5) is 4.32. The van der Waals surface area contributed by atoms with Gasteiger partial charge in [-0.05, 0) is 37.1 Å². The van der Waals surface area contributed by atoms with E-state index in [0.29, 0.717) is 12.0 Å². The number of fused-ring (bicyclic) bond motifs is 1. The molecule has 1 heterocycles. The Morgan fingerprint density at radius 1 is 1.21 bits per heavy atom. The van der Waals surface area contributed by atoms with Crippen LogP contribution in [-0.4, -0.2) is 11.0 Å². The molecule has 3 N–H and O–H groups in total. The zero-order valence-corrected chi connectivity index (χ0v) is 12.0. The van der Waals surface area contributed by atoms with Crippen LogP contribution in [-0.2, 0) is 0 Å². The van der Waals surface area contributed by atoms with Crippen LogP contribution in [0.1, 0.15) is 33.6 Å². The van der Waals surface area contributed by atoms with Gasteiger partial charge in [0.25, 0.3) is 0 Å². The van der Waals surface area contributed by atoms with Gasteiger partial charge in [-0.2, -0.15) is 0 Å². The number of nitrogens with zero attached hydrogens (tertiary/aromatic N) is 1. The smallest absolute Gasteiger partial charge is 0.0724 e. The van der Waals surface area contributed by atoms with Crippen molar-refractivity contribution in [3.8, 4) is 0 Å². The van der Waals surface area contributed by atoms with Crippen LogP contribution in [0.3, 0.4) is 0 Å². The number of hydrogen-bond donors (Lipinski definition) is 2. The van der Waals surface area contributed by atoms with Crippen molar-refractivity contribution in [1.82, 2.24) is 4.98 Å². The van der Waals surface area contributed by atoms with E-state index in [1.54, 1.807) is 6.20 Å². The number of pyridine rings is 1. The first kappa shape index (κ1) is 13.7. The Morgan fingerprint density at radius 2 is 1.95 bits per heavy atom. The maximum absolute atomic E-state index is 6.25. The largest absolute Gasteiger partial charge is 0.397 e. The molecule has 0 fully saturated rings. The van der Waals surface area contributed by atoms with Crippen molar-refractivity contribution < 1.29 is 0 Å². The molecule has 1 unspecified atom stereocenters. The molecule has 0 saturated carbocycles. The molecule has 0 spiro atoms. The summed E-state index contributed by atoms with van der Waals surface area (Å²) < 4.78 is 0. The minimum atomic E-state index is 0.423. The third-order valence-corrected chi connectivity index (χ3v) is 3.97. The molecule has 0 saturated heterocycles. The first-order valence-corrected chi connectivity index (χ1v) is 7.07. The van der Waals surface area contributed by atoms with E-state index >= 15 is 0 Å². The SMILES string of the molecule is CCC(CC)C(C)Nc1ccc2ncccc2c1N. The van der Waals surface area contributed by atoms with Gasteiger partial charge in [-0.15, -0.1) is 0 Å². The number of hydrogen-bond acceptors (Lipinski definition) is 3. The summed E-state index contributed by atoms with van der Waals surface area (Å²) in [6.07, 6.45) is 4.15. The third kappa shape index (κ3) is 2.80. The lowest BCUT2D eigenvalue weighted by Crippen LogP contribution is -2.25. The average molecular weight is 257 g/mol. The molecule has 0 aliphatic heterocycles. The van der Waals surface area contributed by atoms with Crippen molar-refractivity contribution in [2.24, 2.45) is 5.92 Å². The standard InChI is InChI=1S/C16H23N3/c1-4-12(5-2)11(3)19-15-9-8-14-13(16(15)17)7-6-10-18-14/h6-12,19H,4-5,17H2,1-3H3. The molecule has 1 aromatic carbocycles. The predicted molar refractivity (Wildman–Crippen MR) is 83.3 cm³/mol. The van der Waals surface area contributed by atoms with Crippen molar-refractivity contribution >= 4 is 22.3 Å². The molecule has 0 aliphatic rings. The van der Waals surface area contributed by atoms with Gasteiger partial charge in [-0.3, -0.25) is 4.98 Å². The fraction of sp³-hybridized carbons (Fsp3) is 0.438. The highest BCUT2D eigenvalue weighted by molar-refractivity contribution is 5.96. The third-order valence-electron chi connectivity index (χ3n) is 3.97. The number of nitrogen functional groups attached to an aromatic ring is 1. The van der Waals surface area contributed by atoms with E-state index in [-0.39, 0.29) is 0 Å². The minimum Gasteiger partial charge on any atom is -0.397 e. The van der Waals surface area contributed by atoms with E-state index in [1.807, 2.05) is 24.3 Å². The Bertz CT molecular complexity index is 547. The first-order valence-electron chi connectivity index (χ1n) is 7.07. The molecule has 0 radical (unpaired) electrons. The molecule has 2 rings (SSSR count). The van der Waals surface area contributed by atoms with Crippen LogP contribution in [0.2, 0.25) is 0 Å². The second-order valence-electron chi connectivity index (χ2n) is 5.11. The van der Waals surface area contributed by atoms with E-state index in [2.05, 4.69) is 31.1 Å². The highest BCUT2D eigenvalue weighted by atomic mass is 14.9. The molecular weight excluding hydrogens is 234 g/mol. The molecule has 3 nitrogen and oxygen atoms in total. The van der Waals surface area contributed by atoms with Crippen molar-refractivity contribution in [2.45, 2.75) is 39.7 Å². The summed E-state index contributed by atoms with van der Waals surface area (Å²) in [5.74, 6) is 0.670. The number of nitrogens with two attached hydrogens (primary N) is 1. The zero-order chi connectivity index (χ0) is 13.8. The Hall–Kier alpha value is -1.77. The van der Waals surface area contributed by atoms with Crippen LogP contribution < -0.4 is 11.1 Å². The summed E-state index contributed by atoms with van der Waals surface area (Å²) in [6, 6.07) is 8.42. The van der Waals surface area contributed by atoms with Crippen molar-refractivity contribution in [3.05, 3.63) is 30.5 Å². The van der Waals surface area contributed by atoms with Crippen molar-refractivity contribution in [1.29, 1.82) is 0 Å². The minimum absolute atomic E-state index is 0.423. The molecule has 102 valence electrons. The van der Waals surface area contributed by atoms with Gasteiger partial charge < -0.3 is 11.1 Å². The van der Waals surface area contributed by atoms with E-state index < -0.39 is 0 Å². The number of nitrogens with one attached hydrogen (secondary N) is 1. The Morgan fingerprint density at radius 3 is 2.63 bits per heavy atom. The predicted octanol–water partition coefficient (Wildman–Crippen LogP) is 4.05. The molecular formula is C16H23N3. The molecule has 1 atom stereocenters. The van der Waals surface area contributed by atoms with Crippen LogP contribution in [0.5, 0.6) is 0 Å². The van der Waals surface area contributed by atoms with Crippen molar-refractivity contribution in [2.75, 3.05) is 11.1 Å². The maximum atomic E-state index is 6.25. The van der Waals surface area contributed by atoms with Gasteiger partial charge >= 0.3 is 0 Å². The molecule has 0 bridgehead atoms. The van der Waals surface area contributed by atoms with E-state index in [9.17, 15) is 0 Å². The Labute approximate surface area is 115 Å². The monoisotopic (exact) mass is 257 g/mol. The second-order valence-corrected chi connectivity index (χ2v) is 5.11. The highest BCUT2D eigenvalue weighted by Gasteiger charge is 2.14. The van der Waals surface area contributed by atoms with E-state index in [4.69, 9.17) is 5.73 Å². The number of anilines is 2. The molecule has 3 heteroatoms. The molecule has 1 aromatic heterocycles. The summed E-state index contributed by atoms with van der Waals surface area (Å²) in [7, 11) is 0. The topological polar surface area (TPSA) is 50.9 Å². The van der Waals surface area contributed by atoms with Crippen LogP contribution in [0, 0.1) is 5.92 Å². The summed E-state index contributed by atoms with van der Waals surface area (Å²) in [5.41, 5.74) is 9.00. The number of benzene rings is 1. The number of rotatable bonds is 5. The fourth-order valence-corrected chi connectivity index (χ4v) is 2.66. The van der Waals surface area contributed by atoms with Gasteiger partial charge in [0.2, 0.25) is 0 Å². The van der Waals surface area contributed by atoms with Gasteiger partial charge in [-0.1, -0.05) is 26.7 Å². The Balaban J connectivity index is 2.28. The molecule has 0 aliphatic carbocycles. The molecule has 2 aromatic rings. The number of aromatic nitrogens is 1. The van der Waals surface area contributed by atoms with Gasteiger partial charge in [0, 0.05) is 17.6 Å². The highest BCUT2D eigenvalue weighted by Crippen LogP contribution is 2.29. The van der Waals surface area contributed by atoms with Gasteiger partial charge in [0.1, 0.15) is 0 Å². The van der Waals surface area contributed by atoms with Crippen molar-refractivity contribution in [3.63, 3.8) is 0 Å². The summed E-state index contributed by atoms with van der Waals surface area (Å²) >= 11 is 0. The summed E-state index contributed by atoms with van der Waals surface area (Å²) in [5, 5.41) is 4.57. The lowest BCUT2D eigenvalue weighted by Gasteiger charge is -2.24. The first-order chi connectivity index (χ1) is 9.17. The lowest BCUT2D eigenvalue weighted by atomic mass is 9.95. The zero-order valence-electron chi connectivity index (χ0n) is 12.0. The maximum Gasteiger partial charge on any atom is 0.0724 e. The normalized spacial score (nSPS) is 12.8. The van der Waals surface area contributed by atoms with Crippen LogP contribution in [0.4, 0.5) is 11.4 Å². The van der Waals surface area contributed by atoms with E-state index in [0.717, 1.165) is 22.3 Å². The van der Waals surface area contributed by atoms with Gasteiger partial charge in [-0.25, -0.2) is 0 Å². The van der Waals surface area contributed by atoms with Crippen LogP contribution >= 0.6 is 0 Å². The molecule has 19 heavy (non-hydrogen) atoms. The molecule has 0 amide bonds. The van der Waals surface area contributed by atoms with Gasteiger partial charge in [0.05, 0.1) is 16.9 Å². The van der Waals surface area contributed by atoms with Crippen LogP contribution in [0.15, 0.2) is 30.5 Å². The average Bonchev–Trinajstić information content (AvgIpc) is 2.43. The van der Waals surface area contributed by atoms with E-state index in [1.165, 1.54) is 12.8 Å².